The summed E-state index contributed by atoms with van der Waals surface area (Å²) in [4.78, 5) is 23.4. The van der Waals surface area contributed by atoms with Crippen LogP contribution < -0.4 is 0 Å². The molecule has 4 aromatic rings. The molecule has 0 spiro atoms. The van der Waals surface area contributed by atoms with Gasteiger partial charge in [-0.1, -0.05) is 24.3 Å². The molecule has 2 aromatic carbocycles. The number of hydrogen-bond acceptors (Lipinski definition) is 5. The maximum atomic E-state index is 12.9. The molecule has 7 nitrogen and oxygen atoms in total. The first-order chi connectivity index (χ1) is 14.3. The van der Waals surface area contributed by atoms with Crippen LogP contribution >= 0.6 is 0 Å². The highest BCUT2D eigenvalue weighted by Gasteiger charge is 2.27. The molecule has 7 heteroatoms. The van der Waals surface area contributed by atoms with Crippen molar-refractivity contribution in [3.63, 3.8) is 0 Å². The minimum absolute atomic E-state index is 0.0771. The summed E-state index contributed by atoms with van der Waals surface area (Å²) in [6, 6.07) is 15.6. The lowest BCUT2D eigenvalue weighted by Crippen LogP contribution is -2.38. The zero-order valence-electron chi connectivity index (χ0n) is 15.9. The van der Waals surface area contributed by atoms with Gasteiger partial charge >= 0.3 is 0 Å². The average Bonchev–Trinajstić information content (AvgIpc) is 3.43. The number of carbonyl (C=O) groups excluding carboxylic acids is 1. The minimum atomic E-state index is 0.0771. The summed E-state index contributed by atoms with van der Waals surface area (Å²) in [6.45, 7) is 2.07. The maximum Gasteiger partial charge on any atom is 0.253 e. The topological polar surface area (TPSA) is 77.1 Å². The van der Waals surface area contributed by atoms with Crippen LogP contribution in [-0.2, 0) is 6.54 Å². The maximum absolute atomic E-state index is 12.9. The molecule has 0 bridgehead atoms. The lowest BCUT2D eigenvalue weighted by molar-refractivity contribution is 0.0706. The Balaban J connectivity index is 1.21. The minimum Gasteiger partial charge on any atom is -0.440 e. The molecule has 0 unspecified atom stereocenters. The van der Waals surface area contributed by atoms with Crippen LogP contribution in [0.4, 0.5) is 0 Å². The number of fused-ring (bicyclic) bond motifs is 1. The lowest BCUT2D eigenvalue weighted by atomic mass is 9.96. The van der Waals surface area contributed by atoms with E-state index in [9.17, 15) is 4.79 Å². The molecule has 1 fully saturated rings. The molecule has 2 aromatic heterocycles. The summed E-state index contributed by atoms with van der Waals surface area (Å²) in [7, 11) is 0. The van der Waals surface area contributed by atoms with E-state index >= 15 is 0 Å². The quantitative estimate of drug-likeness (QED) is 0.536. The zero-order valence-corrected chi connectivity index (χ0v) is 15.9. The number of para-hydroxylation sites is 2. The number of piperidine rings is 1. The van der Waals surface area contributed by atoms with Gasteiger partial charge in [0.1, 0.15) is 18.2 Å². The Bertz CT molecular complexity index is 1080. The first kappa shape index (κ1) is 17.6. The first-order valence-electron chi connectivity index (χ1n) is 9.82. The molecule has 0 aliphatic carbocycles. The average molecular weight is 387 g/mol. The van der Waals surface area contributed by atoms with E-state index in [0.29, 0.717) is 25.2 Å². The molecule has 3 heterocycles. The fraction of sp³-hybridized carbons (Fsp3) is 0.273. The highest BCUT2D eigenvalue weighted by molar-refractivity contribution is 5.94. The fourth-order valence-electron chi connectivity index (χ4n) is 3.83. The van der Waals surface area contributed by atoms with Crippen molar-refractivity contribution in [1.29, 1.82) is 0 Å². The van der Waals surface area contributed by atoms with E-state index in [0.717, 1.165) is 35.4 Å². The summed E-state index contributed by atoms with van der Waals surface area (Å²) in [5.41, 5.74) is 3.52. The summed E-state index contributed by atoms with van der Waals surface area (Å²) in [5.74, 6) is 1.13. The van der Waals surface area contributed by atoms with Crippen LogP contribution in [0.1, 0.15) is 40.6 Å². The van der Waals surface area contributed by atoms with Gasteiger partial charge in [0.05, 0.1) is 6.54 Å². The highest BCUT2D eigenvalue weighted by atomic mass is 16.3. The molecule has 1 saturated heterocycles. The van der Waals surface area contributed by atoms with Gasteiger partial charge in [0.2, 0.25) is 0 Å². The van der Waals surface area contributed by atoms with Crippen LogP contribution in [0.25, 0.3) is 11.1 Å². The van der Waals surface area contributed by atoms with E-state index in [1.807, 2.05) is 53.4 Å². The van der Waals surface area contributed by atoms with E-state index in [4.69, 9.17) is 4.42 Å². The third-order valence-electron chi connectivity index (χ3n) is 5.45. The van der Waals surface area contributed by atoms with E-state index in [1.54, 1.807) is 11.0 Å². The number of rotatable bonds is 4. The van der Waals surface area contributed by atoms with E-state index < -0.39 is 0 Å². The molecule has 0 saturated carbocycles. The number of likely N-dealkylation sites (tertiary alicyclic amines) is 1. The van der Waals surface area contributed by atoms with Gasteiger partial charge in [-0.15, -0.1) is 0 Å². The van der Waals surface area contributed by atoms with Gasteiger partial charge in [-0.3, -0.25) is 4.79 Å². The van der Waals surface area contributed by atoms with E-state index in [1.165, 1.54) is 6.33 Å². The van der Waals surface area contributed by atoms with Crippen molar-refractivity contribution in [2.45, 2.75) is 25.3 Å². The number of benzene rings is 2. The van der Waals surface area contributed by atoms with Crippen molar-refractivity contribution < 1.29 is 9.21 Å². The molecule has 5 rings (SSSR count). The van der Waals surface area contributed by atoms with Crippen molar-refractivity contribution in [1.82, 2.24) is 24.6 Å². The smallest absolute Gasteiger partial charge is 0.253 e. The second-order valence-electron chi connectivity index (χ2n) is 7.38. The van der Waals surface area contributed by atoms with Crippen LogP contribution in [0, 0.1) is 0 Å². The molecule has 1 aliphatic rings. The van der Waals surface area contributed by atoms with Crippen LogP contribution in [0.5, 0.6) is 0 Å². The molecule has 1 amide bonds. The Morgan fingerprint density at radius 1 is 1.07 bits per heavy atom. The first-order valence-corrected chi connectivity index (χ1v) is 9.82. The molecule has 146 valence electrons. The molecule has 0 radical (unpaired) electrons. The number of aromatic nitrogens is 4. The van der Waals surface area contributed by atoms with Gasteiger partial charge < -0.3 is 9.32 Å². The second-order valence-corrected chi connectivity index (χ2v) is 7.38. The predicted molar refractivity (Wildman–Crippen MR) is 107 cm³/mol. The monoisotopic (exact) mass is 387 g/mol. The highest BCUT2D eigenvalue weighted by Crippen LogP contribution is 2.30. The third-order valence-corrected chi connectivity index (χ3v) is 5.45. The molecule has 0 atom stereocenters. The summed E-state index contributed by atoms with van der Waals surface area (Å²) in [6.07, 6.45) is 4.92. The Morgan fingerprint density at radius 3 is 2.59 bits per heavy atom. The summed E-state index contributed by atoms with van der Waals surface area (Å²) in [5, 5.41) is 4.11. The number of oxazole rings is 1. The molecular weight excluding hydrogens is 366 g/mol. The summed E-state index contributed by atoms with van der Waals surface area (Å²) < 4.78 is 7.68. The molecule has 29 heavy (non-hydrogen) atoms. The Morgan fingerprint density at radius 2 is 1.86 bits per heavy atom. The molecular formula is C22H21N5O2. The third kappa shape index (κ3) is 3.63. The largest absolute Gasteiger partial charge is 0.440 e. The van der Waals surface area contributed by atoms with Crippen LogP contribution in [0.15, 0.2) is 65.6 Å². The predicted octanol–water partition coefficient (Wildman–Crippen LogP) is 3.49. The van der Waals surface area contributed by atoms with Crippen molar-refractivity contribution in [2.24, 2.45) is 0 Å². The fourth-order valence-corrected chi connectivity index (χ4v) is 3.83. The zero-order chi connectivity index (χ0) is 19.6. The standard InChI is InChI=1S/C22H21N5O2/c28-22(18-7-5-16(6-8-18)13-27-15-23-14-24-27)26-11-9-17(10-12-26)21-25-19-3-1-2-4-20(19)29-21/h1-8,14-15,17H,9-13H2. The number of hydrogen-bond donors (Lipinski definition) is 0. The van der Waals surface area contributed by atoms with Crippen molar-refractivity contribution in [3.05, 3.63) is 78.2 Å². The molecule has 1 aliphatic heterocycles. The van der Waals surface area contributed by atoms with E-state index in [-0.39, 0.29) is 11.8 Å². The van der Waals surface area contributed by atoms with Crippen molar-refractivity contribution >= 4 is 17.0 Å². The number of amides is 1. The van der Waals surface area contributed by atoms with Crippen molar-refractivity contribution in [2.75, 3.05) is 13.1 Å². The summed E-state index contributed by atoms with van der Waals surface area (Å²) >= 11 is 0. The SMILES string of the molecule is O=C(c1ccc(Cn2cncn2)cc1)N1CCC(c2nc3ccccc3o2)CC1. The van der Waals surface area contributed by atoms with E-state index in [2.05, 4.69) is 15.1 Å². The number of nitrogens with zero attached hydrogens (tertiary/aromatic N) is 5. The Labute approximate surface area is 168 Å². The van der Waals surface area contributed by atoms with Crippen LogP contribution in [0.2, 0.25) is 0 Å². The van der Waals surface area contributed by atoms with Crippen LogP contribution in [0.3, 0.4) is 0 Å². The van der Waals surface area contributed by atoms with Crippen molar-refractivity contribution in [3.8, 4) is 0 Å². The van der Waals surface area contributed by atoms with Gasteiger partial charge in [-0.05, 0) is 42.7 Å². The molecule has 0 N–H and O–H groups in total. The lowest BCUT2D eigenvalue weighted by Gasteiger charge is -2.30. The Hall–Kier alpha value is -3.48. The van der Waals surface area contributed by atoms with Gasteiger partial charge in [-0.25, -0.2) is 14.6 Å². The Kier molecular flexibility index (Phi) is 4.56. The van der Waals surface area contributed by atoms with Gasteiger partial charge in [0.25, 0.3) is 5.91 Å². The van der Waals surface area contributed by atoms with Gasteiger partial charge in [0.15, 0.2) is 11.5 Å². The number of carbonyl (C=O) groups is 1. The van der Waals surface area contributed by atoms with Crippen LogP contribution in [-0.4, -0.2) is 43.6 Å². The van der Waals surface area contributed by atoms with Gasteiger partial charge in [0, 0.05) is 24.6 Å². The normalized spacial score (nSPS) is 15.1. The van der Waals surface area contributed by atoms with Gasteiger partial charge in [-0.2, -0.15) is 5.10 Å². The second kappa shape index (κ2) is 7.50.